The molecule has 0 unspecified atom stereocenters. The summed E-state index contributed by atoms with van der Waals surface area (Å²) in [5.74, 6) is 1.62. The van der Waals surface area contributed by atoms with Crippen molar-refractivity contribution in [2.24, 2.45) is 0 Å². The molecule has 2 aromatic heterocycles. The fourth-order valence-corrected chi connectivity index (χ4v) is 3.15. The van der Waals surface area contributed by atoms with Gasteiger partial charge in [-0.05, 0) is 12.5 Å². The zero-order chi connectivity index (χ0) is 16.5. The average Bonchev–Trinajstić information content (AvgIpc) is 3.21. The van der Waals surface area contributed by atoms with Crippen LogP contribution in [0.2, 0.25) is 0 Å². The summed E-state index contributed by atoms with van der Waals surface area (Å²) in [5, 5.41) is 15.9. The fraction of sp³-hybridized carbons (Fsp3) is 0.467. The number of fused-ring (bicyclic) bond motifs is 1. The minimum absolute atomic E-state index is 0.0876. The third-order valence-corrected chi connectivity index (χ3v) is 4.45. The molecule has 124 valence electrons. The van der Waals surface area contributed by atoms with E-state index in [9.17, 15) is 9.59 Å². The van der Waals surface area contributed by atoms with E-state index in [4.69, 9.17) is 0 Å². The largest absolute Gasteiger partial charge is 0.335 e. The Balaban J connectivity index is 1.48. The van der Waals surface area contributed by atoms with Crippen molar-refractivity contribution in [1.29, 1.82) is 0 Å². The van der Waals surface area contributed by atoms with Crippen molar-refractivity contribution in [2.45, 2.75) is 32.5 Å². The van der Waals surface area contributed by atoms with Crippen LogP contribution in [0.5, 0.6) is 0 Å². The Bertz CT molecular complexity index is 773. The topological polar surface area (TPSA) is 97.1 Å². The highest BCUT2D eigenvalue weighted by Crippen LogP contribution is 2.18. The van der Waals surface area contributed by atoms with Gasteiger partial charge in [-0.2, -0.15) is 10.2 Å². The molecule has 1 fully saturated rings. The van der Waals surface area contributed by atoms with Crippen LogP contribution in [0.25, 0.3) is 0 Å². The predicted molar refractivity (Wildman–Crippen MR) is 81.4 cm³/mol. The molecule has 0 spiro atoms. The minimum Gasteiger partial charge on any atom is -0.335 e. The Morgan fingerprint density at radius 1 is 1.17 bits per heavy atom. The maximum atomic E-state index is 12.5. The first-order chi connectivity index (χ1) is 11.7. The van der Waals surface area contributed by atoms with Crippen LogP contribution >= 0.6 is 0 Å². The second kappa shape index (κ2) is 5.99. The molecule has 9 nitrogen and oxygen atoms in total. The molecule has 0 N–H and O–H groups in total. The minimum atomic E-state index is -0.0876. The number of carbonyl (C=O) groups is 2. The summed E-state index contributed by atoms with van der Waals surface area (Å²) in [5.41, 5.74) is 0.515. The molecule has 2 aliphatic heterocycles. The van der Waals surface area contributed by atoms with E-state index in [0.717, 1.165) is 24.6 Å². The Morgan fingerprint density at radius 2 is 2.08 bits per heavy atom. The van der Waals surface area contributed by atoms with Gasteiger partial charge in [0.05, 0.1) is 31.0 Å². The fourth-order valence-electron chi connectivity index (χ4n) is 3.15. The van der Waals surface area contributed by atoms with Gasteiger partial charge < -0.3 is 14.4 Å². The van der Waals surface area contributed by atoms with Crippen LogP contribution in [0.1, 0.15) is 34.8 Å². The molecule has 4 heterocycles. The van der Waals surface area contributed by atoms with Gasteiger partial charge in [-0.15, -0.1) is 10.2 Å². The van der Waals surface area contributed by atoms with Crippen LogP contribution in [0.15, 0.2) is 18.5 Å². The SMILES string of the molecule is O=C1CCCN1Cc1nnc2n1CCN(C(=O)c1ccnnc1)C2. The Kier molecular flexibility index (Phi) is 3.68. The van der Waals surface area contributed by atoms with Crippen LogP contribution in [0.3, 0.4) is 0 Å². The maximum absolute atomic E-state index is 12.5. The van der Waals surface area contributed by atoms with Gasteiger partial charge in [-0.1, -0.05) is 0 Å². The van der Waals surface area contributed by atoms with E-state index in [1.807, 2.05) is 9.47 Å². The third kappa shape index (κ3) is 2.61. The quantitative estimate of drug-likeness (QED) is 0.777. The molecule has 2 aliphatic rings. The highest BCUT2D eigenvalue weighted by atomic mass is 16.2. The zero-order valence-corrected chi connectivity index (χ0v) is 13.1. The Labute approximate surface area is 138 Å². The van der Waals surface area contributed by atoms with Crippen molar-refractivity contribution >= 4 is 11.8 Å². The van der Waals surface area contributed by atoms with Crippen molar-refractivity contribution in [2.75, 3.05) is 13.1 Å². The first kappa shape index (κ1) is 14.7. The normalized spacial score (nSPS) is 17.2. The summed E-state index contributed by atoms with van der Waals surface area (Å²) < 4.78 is 2.01. The molecule has 1 saturated heterocycles. The number of hydrogen-bond donors (Lipinski definition) is 0. The van der Waals surface area contributed by atoms with Gasteiger partial charge in [-0.3, -0.25) is 9.59 Å². The van der Waals surface area contributed by atoms with Crippen molar-refractivity contribution in [1.82, 2.24) is 34.8 Å². The molecule has 4 rings (SSSR count). The van der Waals surface area contributed by atoms with Crippen molar-refractivity contribution in [3.8, 4) is 0 Å². The number of nitrogens with zero attached hydrogens (tertiary/aromatic N) is 7. The van der Waals surface area contributed by atoms with Crippen LogP contribution < -0.4 is 0 Å². The summed E-state index contributed by atoms with van der Waals surface area (Å²) in [6.07, 6.45) is 4.49. The van der Waals surface area contributed by atoms with Crippen LogP contribution in [0, 0.1) is 0 Å². The molecular formula is C15H17N7O2. The Hall–Kier alpha value is -2.84. The first-order valence-corrected chi connectivity index (χ1v) is 7.97. The molecule has 0 radical (unpaired) electrons. The smallest absolute Gasteiger partial charge is 0.256 e. The standard InChI is InChI=1S/C15H17N7O2/c23-14-2-1-5-20(14)9-12-18-19-13-10-21(6-7-22(12)13)15(24)11-3-4-16-17-8-11/h3-4,8H,1-2,5-7,9-10H2. The van der Waals surface area contributed by atoms with E-state index in [-0.39, 0.29) is 11.8 Å². The molecule has 0 atom stereocenters. The van der Waals surface area contributed by atoms with E-state index in [1.165, 1.54) is 12.4 Å². The monoisotopic (exact) mass is 327 g/mol. The van der Waals surface area contributed by atoms with Gasteiger partial charge in [0.25, 0.3) is 5.91 Å². The predicted octanol–water partition coefficient (Wildman–Crippen LogP) is -0.154. The van der Waals surface area contributed by atoms with Crippen LogP contribution in [-0.4, -0.2) is 59.7 Å². The number of likely N-dealkylation sites (tertiary alicyclic amines) is 1. The molecule has 9 heteroatoms. The lowest BCUT2D eigenvalue weighted by Crippen LogP contribution is -2.39. The number of hydrogen-bond acceptors (Lipinski definition) is 6. The van der Waals surface area contributed by atoms with Gasteiger partial charge in [0.15, 0.2) is 11.6 Å². The lowest BCUT2D eigenvalue weighted by Gasteiger charge is -2.28. The molecule has 0 aromatic carbocycles. The number of carbonyl (C=O) groups excluding carboxylic acids is 2. The highest BCUT2D eigenvalue weighted by molar-refractivity contribution is 5.93. The second-order valence-electron chi connectivity index (χ2n) is 5.96. The second-order valence-corrected chi connectivity index (χ2v) is 5.96. The van der Waals surface area contributed by atoms with Gasteiger partial charge in [0, 0.05) is 26.1 Å². The van der Waals surface area contributed by atoms with Gasteiger partial charge in [0.2, 0.25) is 5.91 Å². The van der Waals surface area contributed by atoms with Crippen molar-refractivity contribution in [3.05, 3.63) is 35.7 Å². The maximum Gasteiger partial charge on any atom is 0.256 e. The number of aromatic nitrogens is 5. The molecule has 2 aromatic rings. The summed E-state index contributed by atoms with van der Waals surface area (Å²) in [6, 6.07) is 1.65. The summed E-state index contributed by atoms with van der Waals surface area (Å²) in [4.78, 5) is 27.8. The van der Waals surface area contributed by atoms with Gasteiger partial charge >= 0.3 is 0 Å². The van der Waals surface area contributed by atoms with Crippen LogP contribution in [-0.2, 0) is 24.4 Å². The lowest BCUT2D eigenvalue weighted by atomic mass is 10.2. The number of rotatable bonds is 3. The molecular weight excluding hydrogens is 310 g/mol. The average molecular weight is 327 g/mol. The summed E-state index contributed by atoms with van der Waals surface area (Å²) in [7, 11) is 0. The van der Waals surface area contributed by atoms with E-state index in [0.29, 0.717) is 38.2 Å². The van der Waals surface area contributed by atoms with Crippen LogP contribution in [0.4, 0.5) is 0 Å². The third-order valence-electron chi connectivity index (χ3n) is 4.45. The highest BCUT2D eigenvalue weighted by Gasteiger charge is 2.27. The molecule has 24 heavy (non-hydrogen) atoms. The van der Waals surface area contributed by atoms with Gasteiger partial charge in [0.1, 0.15) is 0 Å². The molecule has 0 aliphatic carbocycles. The van der Waals surface area contributed by atoms with Gasteiger partial charge in [-0.25, -0.2) is 0 Å². The van der Waals surface area contributed by atoms with Crippen molar-refractivity contribution < 1.29 is 9.59 Å². The molecule has 0 saturated carbocycles. The van der Waals surface area contributed by atoms with E-state index in [2.05, 4.69) is 20.4 Å². The lowest BCUT2D eigenvalue weighted by molar-refractivity contribution is -0.128. The van der Waals surface area contributed by atoms with E-state index < -0.39 is 0 Å². The Morgan fingerprint density at radius 3 is 2.83 bits per heavy atom. The van der Waals surface area contributed by atoms with Crippen molar-refractivity contribution in [3.63, 3.8) is 0 Å². The summed E-state index contributed by atoms with van der Waals surface area (Å²) in [6.45, 7) is 2.88. The number of amides is 2. The summed E-state index contributed by atoms with van der Waals surface area (Å²) >= 11 is 0. The molecule has 0 bridgehead atoms. The molecule has 2 amide bonds. The van der Waals surface area contributed by atoms with E-state index >= 15 is 0 Å². The first-order valence-electron chi connectivity index (χ1n) is 7.97. The van der Waals surface area contributed by atoms with E-state index in [1.54, 1.807) is 11.0 Å². The zero-order valence-electron chi connectivity index (χ0n) is 13.1.